The number of aromatic nitrogens is 2. The van der Waals surface area contributed by atoms with Crippen LogP contribution in [0.3, 0.4) is 0 Å². The van der Waals surface area contributed by atoms with Crippen molar-refractivity contribution in [3.05, 3.63) is 58.8 Å². The second-order valence-corrected chi connectivity index (χ2v) is 10.2. The Labute approximate surface area is 233 Å². The number of hydrogen-bond donors (Lipinski definition) is 1. The van der Waals surface area contributed by atoms with Gasteiger partial charge in [-0.3, -0.25) is 19.3 Å². The van der Waals surface area contributed by atoms with Crippen molar-refractivity contribution < 1.29 is 9.59 Å². The summed E-state index contributed by atoms with van der Waals surface area (Å²) in [5.74, 6) is -0.123. The molecular formula is C31H46N6O2. The van der Waals surface area contributed by atoms with E-state index in [1.54, 1.807) is 5.01 Å². The number of carbonyl (C=O) groups is 2. The predicted molar refractivity (Wildman–Crippen MR) is 159 cm³/mol. The first kappa shape index (κ1) is 30.2. The molecule has 39 heavy (non-hydrogen) atoms. The van der Waals surface area contributed by atoms with Crippen molar-refractivity contribution in [3.63, 3.8) is 0 Å². The molecule has 1 N–H and O–H groups in total. The van der Waals surface area contributed by atoms with Crippen LogP contribution in [0.15, 0.2) is 36.4 Å². The quantitative estimate of drug-likeness (QED) is 0.329. The highest BCUT2D eigenvalue weighted by molar-refractivity contribution is 5.91. The zero-order valence-corrected chi connectivity index (χ0v) is 23.6. The maximum Gasteiger partial charge on any atom is 0.256 e. The average Bonchev–Trinajstić information content (AvgIpc) is 3.50. The Morgan fingerprint density at radius 2 is 1.72 bits per heavy atom. The molecule has 0 radical (unpaired) electrons. The Balaban J connectivity index is 0.00000420. The number of aryl methyl sites for hydroxylation is 3. The molecule has 0 spiro atoms. The normalized spacial score (nSPS) is 12.7. The van der Waals surface area contributed by atoms with E-state index in [0.717, 1.165) is 54.4 Å². The van der Waals surface area contributed by atoms with Gasteiger partial charge in [-0.1, -0.05) is 58.4 Å². The van der Waals surface area contributed by atoms with Crippen molar-refractivity contribution in [1.82, 2.24) is 25.1 Å². The van der Waals surface area contributed by atoms with Crippen molar-refractivity contribution >= 4 is 28.4 Å². The highest BCUT2D eigenvalue weighted by Gasteiger charge is 2.27. The fraction of sp³-hybridized carbons (Fsp3) is 0.516. The van der Waals surface area contributed by atoms with E-state index in [9.17, 15) is 9.59 Å². The van der Waals surface area contributed by atoms with Crippen LogP contribution in [0.1, 0.15) is 69.8 Å². The Kier molecular flexibility index (Phi) is 10.5. The minimum Gasteiger partial charge on any atom is -0.355 e. The minimum atomic E-state index is -0.0713. The standard InChI is InChI=1S/C30H42N6O2.CH4/c1-6-9-12-15-31-29(37)20-34(21-30(38)33(5)35-18-23-13-10-11-14-24(23)19-35)28-17-26-25(16-22(28)4)27(7-2)36(8-3)32-26;/h10-11,13-14,16-17H,6-9,12,15,18-21H2,1-5H3,(H,31,37);1H4. The molecule has 1 aliphatic rings. The Morgan fingerprint density at radius 3 is 2.33 bits per heavy atom. The molecule has 0 saturated carbocycles. The van der Waals surface area contributed by atoms with Crippen molar-refractivity contribution in [2.24, 2.45) is 0 Å². The van der Waals surface area contributed by atoms with Gasteiger partial charge in [-0.05, 0) is 55.5 Å². The fourth-order valence-corrected chi connectivity index (χ4v) is 5.31. The van der Waals surface area contributed by atoms with Crippen LogP contribution in [-0.2, 0) is 35.6 Å². The van der Waals surface area contributed by atoms with Crippen LogP contribution in [0.2, 0.25) is 0 Å². The lowest BCUT2D eigenvalue weighted by molar-refractivity contribution is -0.145. The van der Waals surface area contributed by atoms with Gasteiger partial charge in [0.2, 0.25) is 5.91 Å². The summed E-state index contributed by atoms with van der Waals surface area (Å²) in [7, 11) is 1.82. The molecule has 8 nitrogen and oxygen atoms in total. The number of amides is 2. The van der Waals surface area contributed by atoms with E-state index in [-0.39, 0.29) is 32.3 Å². The summed E-state index contributed by atoms with van der Waals surface area (Å²) >= 11 is 0. The molecule has 1 aliphatic heterocycles. The molecule has 0 aliphatic carbocycles. The van der Waals surface area contributed by atoms with Crippen molar-refractivity contribution in [1.29, 1.82) is 0 Å². The summed E-state index contributed by atoms with van der Waals surface area (Å²) in [5, 5.41) is 12.8. The summed E-state index contributed by atoms with van der Waals surface area (Å²) in [6, 6.07) is 12.5. The fourth-order valence-electron chi connectivity index (χ4n) is 5.31. The lowest BCUT2D eigenvalue weighted by atomic mass is 10.1. The van der Waals surface area contributed by atoms with Crippen LogP contribution in [-0.4, -0.2) is 58.3 Å². The molecule has 3 aromatic rings. The van der Waals surface area contributed by atoms with Crippen LogP contribution in [0.25, 0.3) is 10.9 Å². The first-order valence-corrected chi connectivity index (χ1v) is 14.0. The van der Waals surface area contributed by atoms with Crippen molar-refractivity contribution in [2.45, 2.75) is 80.4 Å². The number of rotatable bonds is 12. The van der Waals surface area contributed by atoms with Crippen LogP contribution < -0.4 is 10.2 Å². The van der Waals surface area contributed by atoms with Crippen molar-refractivity contribution in [2.75, 3.05) is 31.6 Å². The lowest BCUT2D eigenvalue weighted by Crippen LogP contribution is -2.48. The van der Waals surface area contributed by atoms with Gasteiger partial charge in [0.1, 0.15) is 0 Å². The largest absolute Gasteiger partial charge is 0.355 e. The number of likely N-dealkylation sites (N-methyl/N-ethyl adjacent to an activating group) is 1. The summed E-state index contributed by atoms with van der Waals surface area (Å²) in [5.41, 5.74) is 6.50. The number of unbranched alkanes of at least 4 members (excludes halogenated alkanes) is 2. The van der Waals surface area contributed by atoms with Gasteiger partial charge >= 0.3 is 0 Å². The van der Waals surface area contributed by atoms with Gasteiger partial charge in [-0.15, -0.1) is 0 Å². The molecule has 0 bridgehead atoms. The summed E-state index contributed by atoms with van der Waals surface area (Å²) in [6.07, 6.45) is 4.04. The van der Waals surface area contributed by atoms with Gasteiger partial charge < -0.3 is 10.2 Å². The third-order valence-corrected chi connectivity index (χ3v) is 7.51. The Morgan fingerprint density at radius 1 is 1.03 bits per heavy atom. The van der Waals surface area contributed by atoms with Gasteiger partial charge in [-0.25, -0.2) is 5.01 Å². The van der Waals surface area contributed by atoms with Crippen molar-refractivity contribution in [3.8, 4) is 0 Å². The number of benzene rings is 2. The average molecular weight is 535 g/mol. The third-order valence-electron chi connectivity index (χ3n) is 7.51. The summed E-state index contributed by atoms with van der Waals surface area (Å²) in [4.78, 5) is 28.4. The SMILES string of the molecule is C.CCCCCNC(=O)CN(CC(=O)N(C)N1Cc2ccccc2C1)c1cc2nn(CC)c(CC)c2cc1C. The molecule has 2 heterocycles. The van der Waals surface area contributed by atoms with Gasteiger partial charge in [0.15, 0.2) is 0 Å². The van der Waals surface area contributed by atoms with E-state index in [4.69, 9.17) is 5.10 Å². The lowest BCUT2D eigenvalue weighted by Gasteiger charge is -2.32. The minimum absolute atomic E-state index is 0. The van der Waals surface area contributed by atoms with E-state index in [1.165, 1.54) is 16.8 Å². The number of carbonyl (C=O) groups excluding carboxylic acids is 2. The maximum atomic E-state index is 13.6. The van der Waals surface area contributed by atoms with Crippen LogP contribution in [0, 0.1) is 6.92 Å². The maximum absolute atomic E-state index is 13.6. The molecule has 0 atom stereocenters. The topological polar surface area (TPSA) is 73.7 Å². The first-order chi connectivity index (χ1) is 18.4. The molecule has 2 amide bonds. The van der Waals surface area contributed by atoms with Crippen LogP contribution in [0.5, 0.6) is 0 Å². The number of nitrogens with one attached hydrogen (secondary N) is 1. The van der Waals surface area contributed by atoms with Crippen LogP contribution >= 0.6 is 0 Å². The number of hydrazine groups is 1. The van der Waals surface area contributed by atoms with E-state index >= 15 is 0 Å². The Hall–Kier alpha value is -3.39. The van der Waals surface area contributed by atoms with E-state index in [0.29, 0.717) is 19.6 Å². The number of anilines is 1. The number of fused-ring (bicyclic) bond motifs is 2. The van der Waals surface area contributed by atoms with E-state index < -0.39 is 0 Å². The molecule has 2 aromatic carbocycles. The monoisotopic (exact) mass is 534 g/mol. The third kappa shape index (κ3) is 6.79. The van der Waals surface area contributed by atoms with E-state index in [2.05, 4.69) is 56.2 Å². The molecule has 8 heteroatoms. The second kappa shape index (κ2) is 13.6. The smallest absolute Gasteiger partial charge is 0.256 e. The highest BCUT2D eigenvalue weighted by atomic mass is 16.2. The molecule has 0 saturated heterocycles. The predicted octanol–water partition coefficient (Wildman–Crippen LogP) is 5.07. The molecular weight excluding hydrogens is 488 g/mol. The summed E-state index contributed by atoms with van der Waals surface area (Å²) < 4.78 is 2.04. The Bertz CT molecular complexity index is 1260. The number of nitrogens with zero attached hydrogens (tertiary/aromatic N) is 5. The van der Waals surface area contributed by atoms with Gasteiger partial charge in [0.25, 0.3) is 5.91 Å². The zero-order chi connectivity index (χ0) is 27.2. The zero-order valence-electron chi connectivity index (χ0n) is 23.6. The molecule has 0 fully saturated rings. The summed E-state index contributed by atoms with van der Waals surface area (Å²) in [6.45, 7) is 11.5. The first-order valence-electron chi connectivity index (χ1n) is 14.0. The van der Waals surface area contributed by atoms with Crippen LogP contribution in [0.4, 0.5) is 5.69 Å². The molecule has 212 valence electrons. The van der Waals surface area contributed by atoms with Gasteiger partial charge in [0, 0.05) is 50.0 Å². The van der Waals surface area contributed by atoms with Gasteiger partial charge in [0.05, 0.1) is 18.6 Å². The second-order valence-electron chi connectivity index (χ2n) is 10.2. The van der Waals surface area contributed by atoms with Gasteiger partial charge in [-0.2, -0.15) is 5.10 Å². The highest BCUT2D eigenvalue weighted by Crippen LogP contribution is 2.29. The molecule has 0 unspecified atom stereocenters. The molecule has 1 aromatic heterocycles. The number of hydrogen-bond acceptors (Lipinski definition) is 5. The molecule has 4 rings (SSSR count). The van der Waals surface area contributed by atoms with E-state index in [1.807, 2.05) is 34.8 Å².